The predicted octanol–water partition coefficient (Wildman–Crippen LogP) is 2.91. The first-order valence-corrected chi connectivity index (χ1v) is 6.95. The lowest BCUT2D eigenvalue weighted by molar-refractivity contribution is 0.102. The highest BCUT2D eigenvalue weighted by molar-refractivity contribution is 6.03. The molecule has 5 heteroatoms. The molecule has 2 aromatic rings. The Morgan fingerprint density at radius 3 is 2.62 bits per heavy atom. The Morgan fingerprint density at radius 2 is 2.00 bits per heavy atom. The molecule has 0 saturated carbocycles. The third-order valence-electron chi connectivity index (χ3n) is 2.82. The molecule has 0 unspecified atom stereocenters. The fourth-order valence-corrected chi connectivity index (χ4v) is 1.75. The number of hydrogen-bond acceptors (Lipinski definition) is 4. The maximum absolute atomic E-state index is 11.8. The minimum Gasteiger partial charge on any atom is -0.492 e. The van der Waals surface area contributed by atoms with Gasteiger partial charge < -0.3 is 19.8 Å². The molecule has 112 valence electrons. The molecule has 2 rings (SSSR count). The van der Waals surface area contributed by atoms with Crippen LogP contribution in [0.25, 0.3) is 0 Å². The van der Waals surface area contributed by atoms with E-state index >= 15 is 0 Å². The van der Waals surface area contributed by atoms with Gasteiger partial charge in [0.05, 0.1) is 11.8 Å². The van der Waals surface area contributed by atoms with Crippen molar-refractivity contribution < 1.29 is 13.9 Å². The summed E-state index contributed by atoms with van der Waals surface area (Å²) in [6.07, 6.45) is 2.88. The van der Waals surface area contributed by atoms with Gasteiger partial charge in [-0.25, -0.2) is 0 Å². The summed E-state index contributed by atoms with van der Waals surface area (Å²) in [6.45, 7) is 5.60. The molecule has 0 radical (unpaired) electrons. The maximum Gasteiger partial charge on any atom is 0.258 e. The maximum atomic E-state index is 11.8. The van der Waals surface area contributed by atoms with Crippen LogP contribution in [0.15, 0.2) is 47.3 Å². The first kappa shape index (κ1) is 15.1. The largest absolute Gasteiger partial charge is 0.492 e. The molecule has 0 aliphatic rings. The van der Waals surface area contributed by atoms with Crippen molar-refractivity contribution in [2.75, 3.05) is 18.5 Å². The Morgan fingerprint density at radius 1 is 1.24 bits per heavy atom. The smallest absolute Gasteiger partial charge is 0.258 e. The predicted molar refractivity (Wildman–Crippen MR) is 81.7 cm³/mol. The lowest BCUT2D eigenvalue weighted by Gasteiger charge is -2.10. The van der Waals surface area contributed by atoms with Crippen molar-refractivity contribution in [1.29, 1.82) is 0 Å². The van der Waals surface area contributed by atoms with Crippen molar-refractivity contribution in [3.05, 3.63) is 48.4 Å². The summed E-state index contributed by atoms with van der Waals surface area (Å²) in [7, 11) is 0. The van der Waals surface area contributed by atoms with Crippen LogP contribution < -0.4 is 15.4 Å². The average molecular weight is 288 g/mol. The molecule has 1 aromatic carbocycles. The van der Waals surface area contributed by atoms with E-state index in [1.54, 1.807) is 6.07 Å². The third-order valence-corrected chi connectivity index (χ3v) is 2.82. The number of rotatable bonds is 7. The van der Waals surface area contributed by atoms with Crippen LogP contribution in [0.3, 0.4) is 0 Å². The number of anilines is 1. The molecule has 0 saturated heterocycles. The molecule has 1 aromatic heterocycles. The van der Waals surface area contributed by atoms with E-state index in [1.807, 2.05) is 24.3 Å². The standard InChI is InChI=1S/C16H20N2O3/c1-12(2)17-8-10-21-15-5-3-14(4-6-15)18-16(19)13-7-9-20-11-13/h3-7,9,11-12,17H,8,10H2,1-2H3,(H,18,19). The van der Waals surface area contributed by atoms with Crippen molar-refractivity contribution in [1.82, 2.24) is 5.32 Å². The van der Waals surface area contributed by atoms with Crippen molar-refractivity contribution in [2.45, 2.75) is 19.9 Å². The molecule has 0 spiro atoms. The van der Waals surface area contributed by atoms with E-state index in [1.165, 1.54) is 12.5 Å². The van der Waals surface area contributed by atoms with Gasteiger partial charge in [0.2, 0.25) is 0 Å². The Kier molecular flexibility index (Phi) is 5.40. The molecule has 0 aliphatic carbocycles. The Hall–Kier alpha value is -2.27. The lowest BCUT2D eigenvalue weighted by Crippen LogP contribution is -2.27. The van der Waals surface area contributed by atoms with Crippen LogP contribution in [0, 0.1) is 0 Å². The monoisotopic (exact) mass is 288 g/mol. The summed E-state index contributed by atoms with van der Waals surface area (Å²) < 4.78 is 10.5. The minimum atomic E-state index is -0.196. The molecule has 21 heavy (non-hydrogen) atoms. The van der Waals surface area contributed by atoms with Gasteiger partial charge in [-0.3, -0.25) is 4.79 Å². The third kappa shape index (κ3) is 4.96. The van der Waals surface area contributed by atoms with Crippen LogP contribution in [0.5, 0.6) is 5.75 Å². The molecule has 2 N–H and O–H groups in total. The van der Waals surface area contributed by atoms with E-state index in [-0.39, 0.29) is 5.91 Å². The Bertz CT molecular complexity index is 547. The zero-order valence-electron chi connectivity index (χ0n) is 12.3. The zero-order valence-corrected chi connectivity index (χ0v) is 12.3. The normalized spacial score (nSPS) is 10.6. The van der Waals surface area contributed by atoms with Gasteiger partial charge in [-0.1, -0.05) is 13.8 Å². The minimum absolute atomic E-state index is 0.196. The first-order valence-electron chi connectivity index (χ1n) is 6.95. The number of hydrogen-bond donors (Lipinski definition) is 2. The van der Waals surface area contributed by atoms with Crippen LogP contribution >= 0.6 is 0 Å². The highest BCUT2D eigenvalue weighted by Gasteiger charge is 2.06. The molecule has 0 fully saturated rings. The van der Waals surface area contributed by atoms with Gasteiger partial charge >= 0.3 is 0 Å². The summed E-state index contributed by atoms with van der Waals surface area (Å²) in [5.74, 6) is 0.584. The molecule has 0 atom stereocenters. The average Bonchev–Trinajstić information content (AvgIpc) is 2.99. The van der Waals surface area contributed by atoms with E-state index in [0.29, 0.717) is 23.9 Å². The van der Waals surface area contributed by atoms with E-state index in [2.05, 4.69) is 24.5 Å². The van der Waals surface area contributed by atoms with Gasteiger partial charge in [-0.15, -0.1) is 0 Å². The van der Waals surface area contributed by atoms with Crippen molar-refractivity contribution in [2.24, 2.45) is 0 Å². The van der Waals surface area contributed by atoms with Crippen molar-refractivity contribution in [3.63, 3.8) is 0 Å². The summed E-state index contributed by atoms with van der Waals surface area (Å²) in [6, 6.07) is 9.36. The van der Waals surface area contributed by atoms with E-state index in [9.17, 15) is 4.79 Å². The van der Waals surface area contributed by atoms with Gasteiger partial charge in [0.25, 0.3) is 5.91 Å². The zero-order chi connectivity index (χ0) is 15.1. The lowest BCUT2D eigenvalue weighted by atomic mass is 10.2. The fourth-order valence-electron chi connectivity index (χ4n) is 1.75. The topological polar surface area (TPSA) is 63.5 Å². The molecule has 5 nitrogen and oxygen atoms in total. The molecule has 1 amide bonds. The molecule has 0 aliphatic heterocycles. The molecule has 1 heterocycles. The van der Waals surface area contributed by atoms with Crippen molar-refractivity contribution >= 4 is 11.6 Å². The number of carbonyl (C=O) groups excluding carboxylic acids is 1. The van der Waals surface area contributed by atoms with Gasteiger partial charge in [0.15, 0.2) is 0 Å². The second-order valence-corrected chi connectivity index (χ2v) is 4.95. The van der Waals surface area contributed by atoms with Gasteiger partial charge in [0, 0.05) is 18.3 Å². The highest BCUT2D eigenvalue weighted by Crippen LogP contribution is 2.16. The van der Waals surface area contributed by atoms with Gasteiger partial charge in [0.1, 0.15) is 18.6 Å². The van der Waals surface area contributed by atoms with E-state index in [4.69, 9.17) is 9.15 Å². The number of benzene rings is 1. The van der Waals surface area contributed by atoms with Crippen LogP contribution in [-0.4, -0.2) is 25.1 Å². The second-order valence-electron chi connectivity index (χ2n) is 4.95. The molecular weight excluding hydrogens is 268 g/mol. The van der Waals surface area contributed by atoms with E-state index < -0.39 is 0 Å². The number of ether oxygens (including phenoxy) is 1. The quantitative estimate of drug-likeness (QED) is 0.769. The van der Waals surface area contributed by atoms with E-state index in [0.717, 1.165) is 12.3 Å². The summed E-state index contributed by atoms with van der Waals surface area (Å²) >= 11 is 0. The van der Waals surface area contributed by atoms with Gasteiger partial charge in [-0.2, -0.15) is 0 Å². The van der Waals surface area contributed by atoms with Gasteiger partial charge in [-0.05, 0) is 30.3 Å². The number of amides is 1. The van der Waals surface area contributed by atoms with Crippen molar-refractivity contribution in [3.8, 4) is 5.75 Å². The molecular formula is C16H20N2O3. The molecule has 0 bridgehead atoms. The Labute approximate surface area is 124 Å². The van der Waals surface area contributed by atoms with Crippen LogP contribution in [0.1, 0.15) is 24.2 Å². The fraction of sp³-hybridized carbons (Fsp3) is 0.312. The van der Waals surface area contributed by atoms with Crippen LogP contribution in [-0.2, 0) is 0 Å². The SMILES string of the molecule is CC(C)NCCOc1ccc(NC(=O)c2ccoc2)cc1. The second kappa shape index (κ2) is 7.50. The first-order chi connectivity index (χ1) is 10.1. The number of nitrogens with one attached hydrogen (secondary N) is 2. The van der Waals surface area contributed by atoms with Crippen LogP contribution in [0.4, 0.5) is 5.69 Å². The number of furan rings is 1. The Balaban J connectivity index is 1.80. The summed E-state index contributed by atoms with van der Waals surface area (Å²) in [4.78, 5) is 11.8. The van der Waals surface area contributed by atoms with Crippen LogP contribution in [0.2, 0.25) is 0 Å². The summed E-state index contributed by atoms with van der Waals surface area (Å²) in [5, 5.41) is 6.06. The number of carbonyl (C=O) groups is 1. The highest BCUT2D eigenvalue weighted by atomic mass is 16.5. The summed E-state index contributed by atoms with van der Waals surface area (Å²) in [5.41, 5.74) is 1.21.